The first-order chi connectivity index (χ1) is 12.4. The van der Waals surface area contributed by atoms with E-state index in [0.717, 1.165) is 5.56 Å². The molecule has 0 fully saturated rings. The topological polar surface area (TPSA) is 64.6 Å². The zero-order valence-electron chi connectivity index (χ0n) is 15.6. The van der Waals surface area contributed by atoms with E-state index in [-0.39, 0.29) is 18.4 Å². The van der Waals surface area contributed by atoms with Gasteiger partial charge in [0.25, 0.3) is 5.91 Å². The quantitative estimate of drug-likeness (QED) is 0.748. The van der Waals surface area contributed by atoms with Crippen molar-refractivity contribution < 1.29 is 19.1 Å². The Balaban J connectivity index is 2.12. The number of esters is 1. The molecule has 5 heteroatoms. The number of carbonyl (C=O) groups is 2. The van der Waals surface area contributed by atoms with Crippen molar-refractivity contribution in [2.45, 2.75) is 39.7 Å². The molecule has 2 rings (SSSR count). The fourth-order valence-corrected chi connectivity index (χ4v) is 2.52. The SMILES string of the molecule is CCOC(=O)c1ccccc1NC(=O)[C@@H](C)Oc1ccccc1C(C)C. The highest BCUT2D eigenvalue weighted by molar-refractivity contribution is 6.02. The molecule has 138 valence electrons. The van der Waals surface area contributed by atoms with Gasteiger partial charge < -0.3 is 14.8 Å². The molecule has 5 nitrogen and oxygen atoms in total. The van der Waals surface area contributed by atoms with Gasteiger partial charge in [0.2, 0.25) is 0 Å². The second-order valence-corrected chi connectivity index (χ2v) is 6.21. The van der Waals surface area contributed by atoms with Crippen molar-refractivity contribution in [3.8, 4) is 5.75 Å². The Kier molecular flexibility index (Phi) is 6.78. The average Bonchev–Trinajstić information content (AvgIpc) is 2.62. The first-order valence-corrected chi connectivity index (χ1v) is 8.76. The van der Waals surface area contributed by atoms with Gasteiger partial charge in [-0.05, 0) is 43.5 Å². The highest BCUT2D eigenvalue weighted by atomic mass is 16.5. The summed E-state index contributed by atoms with van der Waals surface area (Å²) in [5.74, 6) is 0.164. The molecule has 0 spiro atoms. The second-order valence-electron chi connectivity index (χ2n) is 6.21. The number of carbonyl (C=O) groups excluding carboxylic acids is 2. The van der Waals surface area contributed by atoms with Crippen LogP contribution < -0.4 is 10.1 Å². The largest absolute Gasteiger partial charge is 0.481 e. The molecular formula is C21H25NO4. The Morgan fingerprint density at radius 2 is 1.65 bits per heavy atom. The molecule has 0 aliphatic rings. The van der Waals surface area contributed by atoms with Crippen molar-refractivity contribution in [1.29, 1.82) is 0 Å². The number of amides is 1. The average molecular weight is 355 g/mol. The molecule has 1 N–H and O–H groups in total. The molecule has 0 saturated carbocycles. The fraction of sp³-hybridized carbons (Fsp3) is 0.333. The van der Waals surface area contributed by atoms with E-state index in [1.807, 2.05) is 24.3 Å². The summed E-state index contributed by atoms with van der Waals surface area (Å²) in [5.41, 5.74) is 1.76. The van der Waals surface area contributed by atoms with Crippen molar-refractivity contribution in [3.05, 3.63) is 59.7 Å². The maximum atomic E-state index is 12.5. The summed E-state index contributed by atoms with van der Waals surface area (Å²) in [5, 5.41) is 2.75. The van der Waals surface area contributed by atoms with Crippen LogP contribution in [0.3, 0.4) is 0 Å². The van der Waals surface area contributed by atoms with Gasteiger partial charge in [-0.25, -0.2) is 4.79 Å². The molecule has 0 unspecified atom stereocenters. The van der Waals surface area contributed by atoms with Crippen molar-refractivity contribution in [2.75, 3.05) is 11.9 Å². The maximum Gasteiger partial charge on any atom is 0.340 e. The number of anilines is 1. The van der Waals surface area contributed by atoms with Crippen LogP contribution in [0.5, 0.6) is 5.75 Å². The third-order valence-electron chi connectivity index (χ3n) is 3.89. The molecule has 2 aromatic carbocycles. The summed E-state index contributed by atoms with van der Waals surface area (Å²) in [6, 6.07) is 14.4. The lowest BCUT2D eigenvalue weighted by atomic mass is 10.0. The highest BCUT2D eigenvalue weighted by Crippen LogP contribution is 2.27. The van der Waals surface area contributed by atoms with E-state index in [1.165, 1.54) is 0 Å². The molecular weight excluding hydrogens is 330 g/mol. The molecule has 0 aromatic heterocycles. The third-order valence-corrected chi connectivity index (χ3v) is 3.89. The minimum atomic E-state index is -0.717. The molecule has 0 saturated heterocycles. The predicted octanol–water partition coefficient (Wildman–Crippen LogP) is 4.39. The molecule has 0 aliphatic heterocycles. The van der Waals surface area contributed by atoms with Crippen molar-refractivity contribution in [3.63, 3.8) is 0 Å². The Bertz CT molecular complexity index is 770. The lowest BCUT2D eigenvalue weighted by Gasteiger charge is -2.19. The van der Waals surface area contributed by atoms with Gasteiger partial charge in [-0.1, -0.05) is 44.2 Å². The summed E-state index contributed by atoms with van der Waals surface area (Å²) in [4.78, 5) is 24.6. The monoisotopic (exact) mass is 355 g/mol. The van der Waals surface area contributed by atoms with Crippen LogP contribution in [0.1, 0.15) is 49.5 Å². The first kappa shape index (κ1) is 19.5. The van der Waals surface area contributed by atoms with Gasteiger partial charge in [-0.3, -0.25) is 4.79 Å². The number of benzene rings is 2. The lowest BCUT2D eigenvalue weighted by Crippen LogP contribution is -2.31. The van der Waals surface area contributed by atoms with Gasteiger partial charge in [0.05, 0.1) is 17.9 Å². The molecule has 0 heterocycles. The third kappa shape index (κ3) is 4.85. The van der Waals surface area contributed by atoms with Gasteiger partial charge in [0.15, 0.2) is 6.10 Å². The summed E-state index contributed by atoms with van der Waals surface area (Å²) in [6.07, 6.45) is -0.717. The number of hydrogen-bond acceptors (Lipinski definition) is 4. The summed E-state index contributed by atoms with van der Waals surface area (Å²) < 4.78 is 10.9. The summed E-state index contributed by atoms with van der Waals surface area (Å²) >= 11 is 0. The maximum absolute atomic E-state index is 12.5. The minimum Gasteiger partial charge on any atom is -0.481 e. The number of ether oxygens (including phenoxy) is 2. The summed E-state index contributed by atoms with van der Waals surface area (Å²) in [7, 11) is 0. The van der Waals surface area contributed by atoms with E-state index in [9.17, 15) is 9.59 Å². The smallest absolute Gasteiger partial charge is 0.340 e. The predicted molar refractivity (Wildman–Crippen MR) is 102 cm³/mol. The van der Waals surface area contributed by atoms with E-state index < -0.39 is 12.1 Å². The van der Waals surface area contributed by atoms with Crippen LogP contribution in [-0.4, -0.2) is 24.6 Å². The second kappa shape index (κ2) is 9.04. The molecule has 1 amide bonds. The minimum absolute atomic E-state index is 0.270. The molecule has 1 atom stereocenters. The van der Waals surface area contributed by atoms with Crippen LogP contribution in [0.2, 0.25) is 0 Å². The Hall–Kier alpha value is -2.82. The number of rotatable bonds is 7. The van der Waals surface area contributed by atoms with Crippen LogP contribution >= 0.6 is 0 Å². The number of hydrogen-bond donors (Lipinski definition) is 1. The van der Waals surface area contributed by atoms with E-state index in [0.29, 0.717) is 17.0 Å². The zero-order chi connectivity index (χ0) is 19.1. The molecule has 0 bridgehead atoms. The molecule has 26 heavy (non-hydrogen) atoms. The molecule has 0 radical (unpaired) electrons. The van der Waals surface area contributed by atoms with Crippen LogP contribution in [0.4, 0.5) is 5.69 Å². The Labute approximate surface area is 154 Å². The van der Waals surface area contributed by atoms with Gasteiger partial charge in [-0.2, -0.15) is 0 Å². The Morgan fingerprint density at radius 3 is 2.35 bits per heavy atom. The fourth-order valence-electron chi connectivity index (χ4n) is 2.52. The lowest BCUT2D eigenvalue weighted by molar-refractivity contribution is -0.122. The van der Waals surface area contributed by atoms with Crippen LogP contribution in [-0.2, 0) is 9.53 Å². The van der Waals surface area contributed by atoms with E-state index in [4.69, 9.17) is 9.47 Å². The first-order valence-electron chi connectivity index (χ1n) is 8.76. The molecule has 0 aliphatic carbocycles. The van der Waals surface area contributed by atoms with Crippen LogP contribution in [0.15, 0.2) is 48.5 Å². The van der Waals surface area contributed by atoms with E-state index in [2.05, 4.69) is 19.2 Å². The number of nitrogens with one attached hydrogen (secondary N) is 1. The van der Waals surface area contributed by atoms with Crippen LogP contribution in [0, 0.1) is 0 Å². The zero-order valence-corrected chi connectivity index (χ0v) is 15.6. The van der Waals surface area contributed by atoms with Crippen molar-refractivity contribution >= 4 is 17.6 Å². The Morgan fingerprint density at radius 1 is 1.00 bits per heavy atom. The summed E-state index contributed by atoms with van der Waals surface area (Å²) in [6.45, 7) is 7.83. The van der Waals surface area contributed by atoms with Crippen molar-refractivity contribution in [1.82, 2.24) is 0 Å². The van der Waals surface area contributed by atoms with Gasteiger partial charge in [0.1, 0.15) is 5.75 Å². The number of para-hydroxylation sites is 2. The van der Waals surface area contributed by atoms with Crippen molar-refractivity contribution in [2.24, 2.45) is 0 Å². The standard InChI is InChI=1S/C21H25NO4/c1-5-25-21(24)17-11-6-8-12-18(17)22-20(23)15(4)26-19-13-9-7-10-16(19)14(2)3/h6-15H,5H2,1-4H3,(H,22,23)/t15-/m1/s1. The van der Waals surface area contributed by atoms with Gasteiger partial charge in [0, 0.05) is 0 Å². The van der Waals surface area contributed by atoms with E-state index >= 15 is 0 Å². The molecule has 2 aromatic rings. The van der Waals surface area contributed by atoms with Gasteiger partial charge in [-0.15, -0.1) is 0 Å². The van der Waals surface area contributed by atoms with Crippen LogP contribution in [0.25, 0.3) is 0 Å². The van der Waals surface area contributed by atoms with E-state index in [1.54, 1.807) is 38.1 Å². The normalized spacial score (nSPS) is 11.7. The van der Waals surface area contributed by atoms with Gasteiger partial charge >= 0.3 is 5.97 Å². The highest BCUT2D eigenvalue weighted by Gasteiger charge is 2.20.